The lowest BCUT2D eigenvalue weighted by Gasteiger charge is -2.09. The van der Waals surface area contributed by atoms with Crippen molar-refractivity contribution in [2.24, 2.45) is 0 Å². The van der Waals surface area contributed by atoms with Gasteiger partial charge in [-0.3, -0.25) is 0 Å². The van der Waals surface area contributed by atoms with Gasteiger partial charge in [-0.25, -0.2) is 0 Å². The lowest BCUT2D eigenvalue weighted by molar-refractivity contribution is 0.584. The van der Waals surface area contributed by atoms with Crippen molar-refractivity contribution in [1.29, 1.82) is 0 Å². The largest absolute Gasteiger partial charge is 0.416 e. The van der Waals surface area contributed by atoms with Gasteiger partial charge in [0.05, 0.1) is 11.0 Å². The molecule has 0 unspecified atom stereocenters. The smallest absolute Gasteiger partial charge is 0.248 e. The van der Waals surface area contributed by atoms with Gasteiger partial charge >= 0.3 is 0 Å². The minimum atomic E-state index is 0.516. The fourth-order valence-electron chi connectivity index (χ4n) is 4.85. The summed E-state index contributed by atoms with van der Waals surface area (Å²) in [5, 5.41) is 11.0. The molecule has 0 atom stereocenters. The summed E-state index contributed by atoms with van der Waals surface area (Å²) in [5.74, 6) is 1.04. The number of nitrogens with zero attached hydrogens (tertiary/aromatic N) is 3. The van der Waals surface area contributed by atoms with Gasteiger partial charge in [0, 0.05) is 27.6 Å². The maximum absolute atomic E-state index is 5.90. The van der Waals surface area contributed by atoms with Crippen LogP contribution in [-0.2, 0) is 0 Å². The highest BCUT2D eigenvalue weighted by atomic mass is 16.4. The molecular formula is C32H21N3O. The van der Waals surface area contributed by atoms with Gasteiger partial charge in [0.1, 0.15) is 0 Å². The Morgan fingerprint density at radius 3 is 1.44 bits per heavy atom. The number of hydrogen-bond acceptors (Lipinski definition) is 3. The molecule has 0 bridgehead atoms. The molecule has 5 aromatic carbocycles. The van der Waals surface area contributed by atoms with Crippen molar-refractivity contribution >= 4 is 21.8 Å². The molecule has 0 fully saturated rings. The van der Waals surface area contributed by atoms with Gasteiger partial charge in [-0.1, -0.05) is 78.9 Å². The van der Waals surface area contributed by atoms with Crippen LogP contribution in [0.25, 0.3) is 61.5 Å². The molecule has 4 nitrogen and oxygen atoms in total. The van der Waals surface area contributed by atoms with Gasteiger partial charge in [0.25, 0.3) is 0 Å². The summed E-state index contributed by atoms with van der Waals surface area (Å²) in [6.07, 6.45) is 0. The molecule has 170 valence electrons. The van der Waals surface area contributed by atoms with Crippen LogP contribution in [0, 0.1) is 0 Å². The van der Waals surface area contributed by atoms with Crippen LogP contribution >= 0.6 is 0 Å². The summed E-state index contributed by atoms with van der Waals surface area (Å²) in [5.41, 5.74) is 7.67. The lowest BCUT2D eigenvalue weighted by Crippen LogP contribution is -1.93. The fraction of sp³-hybridized carbons (Fsp3) is 0. The van der Waals surface area contributed by atoms with E-state index >= 15 is 0 Å². The third-order valence-corrected chi connectivity index (χ3v) is 6.62. The molecular weight excluding hydrogens is 442 g/mol. The number of hydrogen-bond donors (Lipinski definition) is 0. The molecule has 0 aliphatic heterocycles. The Labute approximate surface area is 208 Å². The summed E-state index contributed by atoms with van der Waals surface area (Å²) >= 11 is 0. The normalized spacial score (nSPS) is 11.3. The second-order valence-electron chi connectivity index (χ2n) is 8.77. The topological polar surface area (TPSA) is 43.9 Å². The van der Waals surface area contributed by atoms with E-state index in [1.807, 2.05) is 42.5 Å². The van der Waals surface area contributed by atoms with Gasteiger partial charge in [-0.05, 0) is 59.7 Å². The maximum Gasteiger partial charge on any atom is 0.248 e. The molecule has 0 spiro atoms. The SMILES string of the molecule is c1ccc(-c2nnc(-c3ccc(-c4ccc(-n5c6ccccc6c6ccccc65)cc4)cc3)o2)cc1. The Morgan fingerprint density at radius 2 is 0.861 bits per heavy atom. The van der Waals surface area contributed by atoms with Crippen molar-refractivity contribution in [3.63, 3.8) is 0 Å². The zero-order valence-corrected chi connectivity index (χ0v) is 19.4. The first-order valence-corrected chi connectivity index (χ1v) is 11.9. The molecule has 0 aliphatic carbocycles. The summed E-state index contributed by atoms with van der Waals surface area (Å²) in [6, 6.07) is 43.9. The zero-order valence-electron chi connectivity index (χ0n) is 19.4. The molecule has 2 heterocycles. The van der Waals surface area contributed by atoms with Gasteiger partial charge in [-0.15, -0.1) is 10.2 Å². The minimum Gasteiger partial charge on any atom is -0.416 e. The molecule has 7 aromatic rings. The van der Waals surface area contributed by atoms with E-state index in [-0.39, 0.29) is 0 Å². The Balaban J connectivity index is 1.20. The first-order chi connectivity index (χ1) is 17.8. The lowest BCUT2D eigenvalue weighted by atomic mass is 10.0. The maximum atomic E-state index is 5.90. The minimum absolute atomic E-state index is 0.516. The van der Waals surface area contributed by atoms with E-state index < -0.39 is 0 Å². The summed E-state index contributed by atoms with van der Waals surface area (Å²) in [6.45, 7) is 0. The summed E-state index contributed by atoms with van der Waals surface area (Å²) in [4.78, 5) is 0. The van der Waals surface area contributed by atoms with E-state index in [1.54, 1.807) is 0 Å². The number of benzene rings is 5. The second-order valence-corrected chi connectivity index (χ2v) is 8.77. The summed E-state index contributed by atoms with van der Waals surface area (Å²) in [7, 11) is 0. The molecule has 0 saturated carbocycles. The molecule has 36 heavy (non-hydrogen) atoms. The highest BCUT2D eigenvalue weighted by molar-refractivity contribution is 6.09. The monoisotopic (exact) mass is 463 g/mol. The van der Waals surface area contributed by atoms with Crippen molar-refractivity contribution < 1.29 is 4.42 Å². The fourth-order valence-corrected chi connectivity index (χ4v) is 4.85. The molecule has 0 saturated heterocycles. The van der Waals surface area contributed by atoms with Crippen molar-refractivity contribution in [1.82, 2.24) is 14.8 Å². The van der Waals surface area contributed by atoms with E-state index in [0.717, 1.165) is 27.9 Å². The van der Waals surface area contributed by atoms with Gasteiger partial charge in [0.15, 0.2) is 0 Å². The van der Waals surface area contributed by atoms with Crippen LogP contribution in [0.4, 0.5) is 0 Å². The van der Waals surface area contributed by atoms with Crippen molar-refractivity contribution in [3.05, 3.63) is 127 Å². The van der Waals surface area contributed by atoms with Crippen LogP contribution < -0.4 is 0 Å². The summed E-state index contributed by atoms with van der Waals surface area (Å²) < 4.78 is 8.23. The average molecular weight is 464 g/mol. The third kappa shape index (κ3) is 3.39. The predicted octanol–water partition coefficient (Wildman–Crippen LogP) is 8.17. The van der Waals surface area contributed by atoms with Crippen molar-refractivity contribution in [2.75, 3.05) is 0 Å². The van der Waals surface area contributed by atoms with Gasteiger partial charge in [-0.2, -0.15) is 0 Å². The second kappa shape index (κ2) is 8.36. The van der Waals surface area contributed by atoms with Crippen LogP contribution in [0.5, 0.6) is 0 Å². The predicted molar refractivity (Wildman–Crippen MR) is 145 cm³/mol. The molecule has 0 amide bonds. The van der Waals surface area contributed by atoms with Crippen molar-refractivity contribution in [2.45, 2.75) is 0 Å². The molecule has 0 N–H and O–H groups in total. The molecule has 2 aromatic heterocycles. The Hall–Kier alpha value is -4.96. The molecule has 7 rings (SSSR count). The highest BCUT2D eigenvalue weighted by Gasteiger charge is 2.12. The highest BCUT2D eigenvalue weighted by Crippen LogP contribution is 2.33. The average Bonchev–Trinajstić information content (AvgIpc) is 3.58. The first kappa shape index (κ1) is 20.4. The number of aromatic nitrogens is 3. The van der Waals surface area contributed by atoms with E-state index in [9.17, 15) is 0 Å². The molecule has 0 aliphatic rings. The van der Waals surface area contributed by atoms with E-state index in [0.29, 0.717) is 11.8 Å². The van der Waals surface area contributed by atoms with Crippen LogP contribution in [0.2, 0.25) is 0 Å². The third-order valence-electron chi connectivity index (χ3n) is 6.62. The van der Waals surface area contributed by atoms with E-state index in [4.69, 9.17) is 4.42 Å². The molecule has 4 heteroatoms. The molecule has 0 radical (unpaired) electrons. The number of para-hydroxylation sites is 2. The Bertz CT molecular complexity index is 1760. The quantitative estimate of drug-likeness (QED) is 0.264. The standard InChI is InChI=1S/C32H21N3O/c1-2-8-24(9-3-1)31-33-34-32(36-31)25-16-14-22(15-17-25)23-18-20-26(21-19-23)35-29-12-6-4-10-27(29)28-11-5-7-13-30(28)35/h1-21H. The van der Waals surface area contributed by atoms with Gasteiger partial charge < -0.3 is 8.98 Å². The number of fused-ring (bicyclic) bond motifs is 3. The zero-order chi connectivity index (χ0) is 23.9. The number of rotatable bonds is 4. The van der Waals surface area contributed by atoms with Gasteiger partial charge in [0.2, 0.25) is 11.8 Å². The van der Waals surface area contributed by atoms with Crippen LogP contribution in [0.3, 0.4) is 0 Å². The Morgan fingerprint density at radius 1 is 0.417 bits per heavy atom. The van der Waals surface area contributed by atoms with E-state index in [1.165, 1.54) is 21.8 Å². The van der Waals surface area contributed by atoms with E-state index in [2.05, 4.69) is 99.7 Å². The first-order valence-electron chi connectivity index (χ1n) is 11.9. The Kier molecular flexibility index (Phi) is 4.74. The van der Waals surface area contributed by atoms with Crippen LogP contribution in [0.15, 0.2) is 132 Å². The van der Waals surface area contributed by atoms with Crippen LogP contribution in [-0.4, -0.2) is 14.8 Å². The van der Waals surface area contributed by atoms with Crippen molar-refractivity contribution in [3.8, 4) is 39.7 Å². The van der Waals surface area contributed by atoms with Crippen LogP contribution in [0.1, 0.15) is 0 Å².